The number of anilines is 2. The summed E-state index contributed by atoms with van der Waals surface area (Å²) in [4.78, 5) is 15.3. The number of nitrogens with one attached hydrogen (secondary N) is 1. The van der Waals surface area contributed by atoms with Crippen molar-refractivity contribution in [2.75, 3.05) is 10.2 Å². The Balaban J connectivity index is 1.55. The highest BCUT2D eigenvalue weighted by atomic mass is 35.5. The Labute approximate surface area is 217 Å². The molecule has 9 heteroatoms. The summed E-state index contributed by atoms with van der Waals surface area (Å²) in [6, 6.07) is 22.9. The number of aromatic nitrogens is 2. The number of hydrogen-bond donors (Lipinski definition) is 1. The van der Waals surface area contributed by atoms with Gasteiger partial charge in [0.05, 0.1) is 12.6 Å². The third-order valence-corrected chi connectivity index (χ3v) is 6.83. The summed E-state index contributed by atoms with van der Waals surface area (Å²) in [5, 5.41) is 7.11. The number of rotatable bonds is 5. The molecule has 4 aromatic rings. The van der Waals surface area contributed by atoms with Gasteiger partial charge in [0.15, 0.2) is 11.7 Å². The van der Waals surface area contributed by atoms with Crippen molar-refractivity contribution in [3.05, 3.63) is 112 Å². The molecule has 0 bridgehead atoms. The van der Waals surface area contributed by atoms with Crippen molar-refractivity contribution in [1.29, 1.82) is 0 Å². The molecule has 1 aliphatic heterocycles. The van der Waals surface area contributed by atoms with Gasteiger partial charge in [0, 0.05) is 12.1 Å². The van der Waals surface area contributed by atoms with E-state index in [1.165, 1.54) is 4.90 Å². The number of carbonyl (C=O) groups is 1. The number of aryl methyl sites for hydroxylation is 1. The van der Waals surface area contributed by atoms with Crippen molar-refractivity contribution in [3.63, 3.8) is 0 Å². The predicted octanol–water partition coefficient (Wildman–Crippen LogP) is 7.35. The van der Waals surface area contributed by atoms with Gasteiger partial charge in [-0.3, -0.25) is 4.79 Å². The van der Waals surface area contributed by atoms with Crippen LogP contribution in [-0.2, 0) is 6.54 Å². The van der Waals surface area contributed by atoms with Crippen LogP contribution in [0.1, 0.15) is 45.7 Å². The Morgan fingerprint density at radius 1 is 1.03 bits per heavy atom. The van der Waals surface area contributed by atoms with Gasteiger partial charge in [-0.1, -0.05) is 90.0 Å². The maximum absolute atomic E-state index is 14.2. The molecule has 0 spiro atoms. The molecule has 1 aromatic heterocycles. The molecule has 2 heterocycles. The smallest absolute Gasteiger partial charge is 0.362 e. The van der Waals surface area contributed by atoms with Gasteiger partial charge in [-0.15, -0.1) is 0 Å². The normalized spacial score (nSPS) is 17.1. The fourth-order valence-corrected chi connectivity index (χ4v) is 4.79. The topological polar surface area (TPSA) is 50.2 Å². The number of fused-ring (bicyclic) bond motifs is 1. The average Bonchev–Trinajstić information content (AvgIpc) is 3.23. The van der Waals surface area contributed by atoms with Crippen molar-refractivity contribution >= 4 is 29.0 Å². The molecular formula is C28H24ClF3N4O. The lowest BCUT2D eigenvalue weighted by Crippen LogP contribution is -2.36. The summed E-state index contributed by atoms with van der Waals surface area (Å²) in [6.07, 6.45) is -4.86. The third kappa shape index (κ3) is 5.06. The molecule has 0 saturated carbocycles. The van der Waals surface area contributed by atoms with Crippen LogP contribution in [0, 0.1) is 6.92 Å². The molecular weight excluding hydrogens is 501 g/mol. The van der Waals surface area contributed by atoms with Crippen molar-refractivity contribution in [3.8, 4) is 0 Å². The number of carbonyl (C=O) groups excluding carboxylic acids is 1. The molecule has 5 nitrogen and oxygen atoms in total. The van der Waals surface area contributed by atoms with Crippen LogP contribution >= 0.6 is 11.6 Å². The predicted molar refractivity (Wildman–Crippen MR) is 138 cm³/mol. The van der Waals surface area contributed by atoms with E-state index in [1.54, 1.807) is 36.4 Å². The minimum Gasteiger partial charge on any atom is -0.362 e. The van der Waals surface area contributed by atoms with E-state index in [-0.39, 0.29) is 29.5 Å². The fourth-order valence-electron chi connectivity index (χ4n) is 4.53. The molecule has 190 valence electrons. The number of nitrogens with zero attached hydrogens (tertiary/aromatic N) is 3. The monoisotopic (exact) mass is 524 g/mol. The van der Waals surface area contributed by atoms with E-state index < -0.39 is 24.2 Å². The molecule has 1 amide bonds. The zero-order valence-corrected chi connectivity index (χ0v) is 20.7. The van der Waals surface area contributed by atoms with E-state index in [0.717, 1.165) is 15.8 Å². The van der Waals surface area contributed by atoms with Crippen molar-refractivity contribution in [2.24, 2.45) is 0 Å². The van der Waals surface area contributed by atoms with Gasteiger partial charge in [0.2, 0.25) is 0 Å². The molecule has 2 atom stereocenters. The van der Waals surface area contributed by atoms with E-state index >= 15 is 0 Å². The second kappa shape index (κ2) is 9.94. The van der Waals surface area contributed by atoms with E-state index in [9.17, 15) is 18.0 Å². The number of halogens is 4. The van der Waals surface area contributed by atoms with Crippen molar-refractivity contribution < 1.29 is 18.0 Å². The molecule has 0 aliphatic carbocycles. The van der Waals surface area contributed by atoms with Gasteiger partial charge < -0.3 is 10.2 Å². The largest absolute Gasteiger partial charge is 0.410 e. The van der Waals surface area contributed by atoms with Crippen LogP contribution in [0.25, 0.3) is 0 Å². The first-order valence-electron chi connectivity index (χ1n) is 11.8. The lowest BCUT2D eigenvalue weighted by atomic mass is 9.96. The van der Waals surface area contributed by atoms with Gasteiger partial charge in [0.1, 0.15) is 10.8 Å². The summed E-state index contributed by atoms with van der Waals surface area (Å²) >= 11 is 6.60. The molecule has 0 fully saturated rings. The highest BCUT2D eigenvalue weighted by molar-refractivity contribution is 6.36. The molecule has 37 heavy (non-hydrogen) atoms. The van der Waals surface area contributed by atoms with Gasteiger partial charge in [-0.25, -0.2) is 4.68 Å². The summed E-state index contributed by atoms with van der Waals surface area (Å²) in [6.45, 7) is 2.11. The SMILES string of the molecule is Cc1ccc([C@@H]2C[C@H](C(F)(F)F)n3nc(C(=O)N(Cc4ccccc4)c4ccccc4)c(Cl)c3N2)cc1. The van der Waals surface area contributed by atoms with Crippen LogP contribution in [0.2, 0.25) is 5.02 Å². The molecule has 1 N–H and O–H groups in total. The standard InChI is InChI=1S/C28H24ClF3N4O/c1-18-12-14-20(15-13-18)22-16-23(28(30,31)32)36-26(33-22)24(29)25(34-36)27(37)35(21-10-6-3-7-11-21)17-19-8-4-2-5-9-19/h2-15,22-23,33H,16-17H2,1H3/t22-,23+/m0/s1. The van der Waals surface area contributed by atoms with Crippen molar-refractivity contribution in [1.82, 2.24) is 9.78 Å². The number of amides is 1. The van der Waals surface area contributed by atoms with Gasteiger partial charge in [0.25, 0.3) is 5.91 Å². The van der Waals surface area contributed by atoms with E-state index in [4.69, 9.17) is 11.6 Å². The number of benzene rings is 3. The number of alkyl halides is 3. The molecule has 3 aromatic carbocycles. The molecule has 1 aliphatic rings. The highest BCUT2D eigenvalue weighted by Gasteiger charge is 2.48. The van der Waals surface area contributed by atoms with Gasteiger partial charge in [-0.05, 0) is 30.2 Å². The second-order valence-corrected chi connectivity index (χ2v) is 9.45. The van der Waals surface area contributed by atoms with Crippen LogP contribution < -0.4 is 10.2 Å². The Hall–Kier alpha value is -3.78. The number of hydrogen-bond acceptors (Lipinski definition) is 3. The van der Waals surface area contributed by atoms with Gasteiger partial charge >= 0.3 is 6.18 Å². The van der Waals surface area contributed by atoms with Crippen LogP contribution in [0.15, 0.2) is 84.9 Å². The lowest BCUT2D eigenvalue weighted by Gasteiger charge is -2.33. The first kappa shape index (κ1) is 24.9. The van der Waals surface area contributed by atoms with Crippen LogP contribution in [0.4, 0.5) is 24.7 Å². The maximum atomic E-state index is 14.2. The van der Waals surface area contributed by atoms with E-state index in [2.05, 4.69) is 10.4 Å². The zero-order valence-electron chi connectivity index (χ0n) is 19.9. The fraction of sp³-hybridized carbons (Fsp3) is 0.214. The van der Waals surface area contributed by atoms with Crippen molar-refractivity contribution in [2.45, 2.75) is 38.1 Å². The van der Waals surface area contributed by atoms with Crippen LogP contribution in [-0.4, -0.2) is 21.9 Å². The summed E-state index contributed by atoms with van der Waals surface area (Å²) in [5.74, 6) is -0.603. The van der Waals surface area contributed by atoms with Crippen LogP contribution in [0.5, 0.6) is 0 Å². The first-order chi connectivity index (χ1) is 17.7. The van der Waals surface area contributed by atoms with Crippen LogP contribution in [0.3, 0.4) is 0 Å². The van der Waals surface area contributed by atoms with E-state index in [1.807, 2.05) is 55.5 Å². The van der Waals surface area contributed by atoms with Gasteiger partial charge in [-0.2, -0.15) is 18.3 Å². The first-order valence-corrected chi connectivity index (χ1v) is 12.2. The van der Waals surface area contributed by atoms with E-state index in [0.29, 0.717) is 11.3 Å². The zero-order chi connectivity index (χ0) is 26.2. The quantitative estimate of drug-likeness (QED) is 0.297. The maximum Gasteiger partial charge on any atom is 0.410 e. The Bertz CT molecular complexity index is 1390. The lowest BCUT2D eigenvalue weighted by molar-refractivity contribution is -0.173. The third-order valence-electron chi connectivity index (χ3n) is 6.47. The number of para-hydroxylation sites is 1. The summed E-state index contributed by atoms with van der Waals surface area (Å²) in [5.41, 5.74) is 2.90. The molecule has 0 saturated heterocycles. The Morgan fingerprint density at radius 3 is 2.27 bits per heavy atom. The Kier molecular flexibility index (Phi) is 6.69. The molecule has 5 rings (SSSR count). The minimum atomic E-state index is -4.58. The molecule has 0 radical (unpaired) electrons. The molecule has 0 unspecified atom stereocenters. The average molecular weight is 525 g/mol. The minimum absolute atomic E-state index is 0.0168. The highest BCUT2D eigenvalue weighted by Crippen LogP contribution is 2.46. The Morgan fingerprint density at radius 2 is 1.65 bits per heavy atom. The summed E-state index contributed by atoms with van der Waals surface area (Å²) < 4.78 is 43.4. The second-order valence-electron chi connectivity index (χ2n) is 9.07. The summed E-state index contributed by atoms with van der Waals surface area (Å²) in [7, 11) is 0.